The molecule has 20 heavy (non-hydrogen) atoms. The summed E-state index contributed by atoms with van der Waals surface area (Å²) in [5.74, 6) is -2.35. The number of carbonyl (C=O) groups is 4. The number of carbonyl (C=O) groups excluding carboxylic acids is 4. The quantitative estimate of drug-likeness (QED) is 0.618. The molecule has 4 saturated heterocycles. The number of hydrogen-bond donors (Lipinski definition) is 1. The minimum absolute atomic E-state index is 0.159. The maximum Gasteiger partial charge on any atom is 0.249 e. The Morgan fingerprint density at radius 1 is 0.950 bits per heavy atom. The van der Waals surface area contributed by atoms with E-state index in [-0.39, 0.29) is 42.8 Å². The van der Waals surface area contributed by atoms with Crippen LogP contribution in [0.3, 0.4) is 0 Å². The van der Waals surface area contributed by atoms with Gasteiger partial charge in [-0.3, -0.25) is 29.4 Å². The van der Waals surface area contributed by atoms with Crippen molar-refractivity contribution in [2.75, 3.05) is 0 Å². The zero-order valence-corrected chi connectivity index (χ0v) is 10.7. The number of hydrogen-bond acceptors (Lipinski definition) is 5. The molecule has 0 radical (unpaired) electrons. The number of fused-ring (bicyclic) bond motifs is 5. The molecule has 4 amide bonds. The molecule has 0 spiro atoms. The van der Waals surface area contributed by atoms with Crippen LogP contribution in [0.15, 0.2) is 0 Å². The van der Waals surface area contributed by atoms with Gasteiger partial charge in [-0.15, -0.1) is 0 Å². The van der Waals surface area contributed by atoms with Crippen LogP contribution in [0.1, 0.15) is 25.7 Å². The van der Waals surface area contributed by atoms with Crippen molar-refractivity contribution >= 4 is 23.6 Å². The molecule has 7 nitrogen and oxygen atoms in total. The standard InChI is InChI=1S/C13H14N2O5/c16-8-4-1-5(11(17)14-8)15-12(18)9-6-2-3-7(20-6)10(9)13(15)19/h5-7,9-10H,1-4H2,(H,14,16,17)/t5-,6-,7+,9-,10+/m1/s1. The van der Waals surface area contributed by atoms with Gasteiger partial charge in [0.2, 0.25) is 23.6 Å². The van der Waals surface area contributed by atoms with Gasteiger partial charge < -0.3 is 4.74 Å². The average Bonchev–Trinajstić information content (AvgIpc) is 3.06. The number of ether oxygens (including phenoxy) is 1. The van der Waals surface area contributed by atoms with Crippen LogP contribution >= 0.6 is 0 Å². The summed E-state index contributed by atoms with van der Waals surface area (Å²) in [7, 11) is 0. The van der Waals surface area contributed by atoms with E-state index in [4.69, 9.17) is 4.74 Å². The Hall–Kier alpha value is -1.76. The van der Waals surface area contributed by atoms with Crippen LogP contribution in [-0.4, -0.2) is 46.8 Å². The molecule has 1 N–H and O–H groups in total. The lowest BCUT2D eigenvalue weighted by Gasteiger charge is -2.29. The number of nitrogens with one attached hydrogen (secondary N) is 1. The van der Waals surface area contributed by atoms with Crippen LogP contribution in [0.5, 0.6) is 0 Å². The summed E-state index contributed by atoms with van der Waals surface area (Å²) in [5, 5.41) is 2.20. The third-order valence-electron chi connectivity index (χ3n) is 4.84. The molecule has 5 atom stereocenters. The third kappa shape index (κ3) is 1.38. The summed E-state index contributed by atoms with van der Waals surface area (Å²) in [4.78, 5) is 49.1. The number of rotatable bonds is 1. The predicted molar refractivity (Wildman–Crippen MR) is 62.9 cm³/mol. The van der Waals surface area contributed by atoms with E-state index in [0.717, 1.165) is 17.7 Å². The fourth-order valence-electron chi connectivity index (χ4n) is 3.97. The molecule has 0 aromatic heterocycles. The Morgan fingerprint density at radius 3 is 2.10 bits per heavy atom. The van der Waals surface area contributed by atoms with E-state index in [2.05, 4.69) is 5.32 Å². The van der Waals surface area contributed by atoms with Crippen molar-refractivity contribution in [3.63, 3.8) is 0 Å². The van der Waals surface area contributed by atoms with Gasteiger partial charge in [0.25, 0.3) is 0 Å². The first-order chi connectivity index (χ1) is 9.58. The topological polar surface area (TPSA) is 92.8 Å². The van der Waals surface area contributed by atoms with Crippen molar-refractivity contribution in [3.05, 3.63) is 0 Å². The molecule has 2 bridgehead atoms. The Morgan fingerprint density at radius 2 is 1.55 bits per heavy atom. The highest BCUT2D eigenvalue weighted by Gasteiger charge is 2.64. The van der Waals surface area contributed by atoms with Crippen LogP contribution in [0, 0.1) is 11.8 Å². The SMILES string of the molecule is O=C1CC[C@@H](N2C(=O)[C@@H]3[C@H](C2=O)[C@H]2CC[C@@H]3O2)C(=O)N1. The van der Waals surface area contributed by atoms with Crippen molar-refractivity contribution in [3.8, 4) is 0 Å². The molecule has 106 valence electrons. The van der Waals surface area contributed by atoms with E-state index in [1.807, 2.05) is 0 Å². The fraction of sp³-hybridized carbons (Fsp3) is 0.692. The van der Waals surface area contributed by atoms with Crippen LogP contribution in [0.2, 0.25) is 0 Å². The fourth-order valence-corrected chi connectivity index (χ4v) is 3.97. The Bertz CT molecular complexity index is 517. The smallest absolute Gasteiger partial charge is 0.249 e. The number of nitrogens with zero attached hydrogens (tertiary/aromatic N) is 1. The summed E-state index contributed by atoms with van der Waals surface area (Å²) in [5.41, 5.74) is 0. The van der Waals surface area contributed by atoms with E-state index in [9.17, 15) is 19.2 Å². The van der Waals surface area contributed by atoms with Gasteiger partial charge in [0, 0.05) is 6.42 Å². The van der Waals surface area contributed by atoms with Crippen LogP contribution in [0.4, 0.5) is 0 Å². The van der Waals surface area contributed by atoms with E-state index >= 15 is 0 Å². The van der Waals surface area contributed by atoms with E-state index in [1.165, 1.54) is 0 Å². The number of piperidine rings is 1. The molecule has 4 rings (SSSR count). The van der Waals surface area contributed by atoms with Crippen LogP contribution in [0.25, 0.3) is 0 Å². The van der Waals surface area contributed by atoms with Gasteiger partial charge in [-0.25, -0.2) is 0 Å². The van der Waals surface area contributed by atoms with Gasteiger partial charge >= 0.3 is 0 Å². The van der Waals surface area contributed by atoms with Gasteiger partial charge in [-0.05, 0) is 19.3 Å². The summed E-state index contributed by atoms with van der Waals surface area (Å²) in [6.07, 6.45) is 1.62. The predicted octanol–water partition coefficient (Wildman–Crippen LogP) is -1.05. The zero-order chi connectivity index (χ0) is 14.0. The van der Waals surface area contributed by atoms with Gasteiger partial charge in [0.1, 0.15) is 6.04 Å². The lowest BCUT2D eigenvalue weighted by molar-refractivity contribution is -0.153. The van der Waals surface area contributed by atoms with E-state index in [1.54, 1.807) is 0 Å². The van der Waals surface area contributed by atoms with Crippen molar-refractivity contribution in [2.45, 2.75) is 43.9 Å². The molecule has 0 aliphatic carbocycles. The first kappa shape index (κ1) is 12.0. The largest absolute Gasteiger partial charge is 0.373 e. The number of imide groups is 2. The van der Waals surface area contributed by atoms with Gasteiger partial charge in [0.05, 0.1) is 24.0 Å². The van der Waals surface area contributed by atoms with Crippen molar-refractivity contribution < 1.29 is 23.9 Å². The monoisotopic (exact) mass is 278 g/mol. The maximum atomic E-state index is 12.5. The molecular formula is C13H14N2O5. The van der Waals surface area contributed by atoms with Crippen molar-refractivity contribution in [1.82, 2.24) is 10.2 Å². The molecule has 4 aliphatic rings. The maximum absolute atomic E-state index is 12.5. The second-order valence-corrected chi connectivity index (χ2v) is 5.86. The second kappa shape index (κ2) is 3.88. The lowest BCUT2D eigenvalue weighted by Crippen LogP contribution is -2.55. The average molecular weight is 278 g/mol. The third-order valence-corrected chi connectivity index (χ3v) is 4.84. The molecule has 7 heteroatoms. The number of likely N-dealkylation sites (tertiary alicyclic amines) is 1. The molecule has 0 aromatic carbocycles. The Kier molecular flexibility index (Phi) is 2.33. The molecule has 0 aromatic rings. The molecular weight excluding hydrogens is 264 g/mol. The molecule has 4 aliphatic heterocycles. The Labute approximate surface area is 114 Å². The minimum Gasteiger partial charge on any atom is -0.373 e. The first-order valence-electron chi connectivity index (χ1n) is 6.94. The highest BCUT2D eigenvalue weighted by molar-refractivity contribution is 6.11. The van der Waals surface area contributed by atoms with Crippen LogP contribution in [-0.2, 0) is 23.9 Å². The van der Waals surface area contributed by atoms with Crippen molar-refractivity contribution in [1.29, 1.82) is 0 Å². The Balaban J connectivity index is 1.64. The van der Waals surface area contributed by atoms with Crippen molar-refractivity contribution in [2.24, 2.45) is 11.8 Å². The summed E-state index contributed by atoms with van der Waals surface area (Å²) in [6, 6.07) is -0.835. The highest BCUT2D eigenvalue weighted by atomic mass is 16.5. The normalized spacial score (nSPS) is 43.2. The van der Waals surface area contributed by atoms with Gasteiger partial charge in [0.15, 0.2) is 0 Å². The summed E-state index contributed by atoms with van der Waals surface area (Å²) in [6.45, 7) is 0. The number of amides is 4. The zero-order valence-electron chi connectivity index (χ0n) is 10.7. The highest BCUT2D eigenvalue weighted by Crippen LogP contribution is 2.49. The van der Waals surface area contributed by atoms with E-state index in [0.29, 0.717) is 0 Å². The summed E-state index contributed by atoms with van der Waals surface area (Å²) < 4.78 is 5.64. The molecule has 4 fully saturated rings. The van der Waals surface area contributed by atoms with E-state index < -0.39 is 23.8 Å². The molecule has 4 heterocycles. The first-order valence-corrected chi connectivity index (χ1v) is 6.94. The van der Waals surface area contributed by atoms with Gasteiger partial charge in [-0.2, -0.15) is 0 Å². The second-order valence-electron chi connectivity index (χ2n) is 5.86. The minimum atomic E-state index is -0.835. The van der Waals surface area contributed by atoms with Crippen LogP contribution < -0.4 is 5.32 Å². The summed E-state index contributed by atoms with van der Waals surface area (Å²) >= 11 is 0. The molecule has 0 saturated carbocycles. The molecule has 0 unspecified atom stereocenters. The van der Waals surface area contributed by atoms with Gasteiger partial charge in [-0.1, -0.05) is 0 Å². The lowest BCUT2D eigenvalue weighted by atomic mass is 9.81.